The molecule has 4 aromatic rings. The zero-order valence-corrected chi connectivity index (χ0v) is 23.6. The number of hydrogen-bond donors (Lipinski definition) is 3. The minimum atomic E-state index is -1.38. The number of nitrogens with one attached hydrogen (secondary N) is 1. The van der Waals surface area contributed by atoms with Crippen LogP contribution in [0.15, 0.2) is 60.9 Å². The lowest BCUT2D eigenvalue weighted by Gasteiger charge is -2.50. The Morgan fingerprint density at radius 2 is 1.90 bits per heavy atom. The number of aliphatic hydroxyl groups is 2. The van der Waals surface area contributed by atoms with Crippen LogP contribution in [0.1, 0.15) is 61.4 Å². The number of piperidine rings is 2. The van der Waals surface area contributed by atoms with E-state index in [0.29, 0.717) is 43.4 Å². The van der Waals surface area contributed by atoms with Gasteiger partial charge in [0.05, 0.1) is 28.4 Å². The number of carbonyl (C=O) groups is 1. The quantitative estimate of drug-likeness (QED) is 0.338. The smallest absolute Gasteiger partial charge is 0.229 e. The summed E-state index contributed by atoms with van der Waals surface area (Å²) in [4.78, 5) is 19.2. The number of aryl methyl sites for hydroxylation is 1. The summed E-state index contributed by atoms with van der Waals surface area (Å²) in [6.07, 6.45) is 3.95. The molecule has 0 spiro atoms. The van der Waals surface area contributed by atoms with Crippen LogP contribution in [0.5, 0.6) is 0 Å². The van der Waals surface area contributed by atoms with Crippen LogP contribution in [0, 0.1) is 18.2 Å². The second-order valence-corrected chi connectivity index (χ2v) is 12.2. The minimum absolute atomic E-state index is 0.260. The van der Waals surface area contributed by atoms with Crippen molar-refractivity contribution in [3.63, 3.8) is 0 Å². The zero-order valence-electron chi connectivity index (χ0n) is 23.6. The van der Waals surface area contributed by atoms with Gasteiger partial charge in [-0.3, -0.25) is 14.7 Å². The Labute approximate surface area is 238 Å². The van der Waals surface area contributed by atoms with E-state index in [4.69, 9.17) is 0 Å². The molecule has 2 aliphatic rings. The standard InChI is InChI=1S/C32H36FN5O3/c1-20-12-14-38(36-20)23-6-4-21(5-7-23)18-37-15-13-32(41,31(2,3)19-37)26-9-10-27-25(29(26)33)16-22(17-34-27)24-8-11-28(39)35-30(24)40/h4-7,9-10,12,14,16-17,24,28,39,41H,8,11,13,15,18-19H2,1-3H3,(H,35,40)/t24?,28?,32-/m0/s1. The molecule has 2 saturated heterocycles. The summed E-state index contributed by atoms with van der Waals surface area (Å²) >= 11 is 0. The summed E-state index contributed by atoms with van der Waals surface area (Å²) < 4.78 is 18.1. The largest absolute Gasteiger partial charge is 0.384 e. The van der Waals surface area contributed by atoms with E-state index in [1.807, 2.05) is 37.7 Å². The summed E-state index contributed by atoms with van der Waals surface area (Å²) in [5.74, 6) is -1.29. The van der Waals surface area contributed by atoms with Crippen LogP contribution in [0.3, 0.4) is 0 Å². The number of likely N-dealkylation sites (tertiary alicyclic amines) is 1. The first-order chi connectivity index (χ1) is 19.5. The van der Waals surface area contributed by atoms with Crippen molar-refractivity contribution in [1.82, 2.24) is 25.0 Å². The van der Waals surface area contributed by atoms with Crippen molar-refractivity contribution in [3.05, 3.63) is 89.1 Å². The van der Waals surface area contributed by atoms with Crippen molar-refractivity contribution >= 4 is 16.8 Å². The molecule has 4 heterocycles. The van der Waals surface area contributed by atoms with Gasteiger partial charge in [-0.2, -0.15) is 5.10 Å². The van der Waals surface area contributed by atoms with Gasteiger partial charge in [0.2, 0.25) is 5.91 Å². The van der Waals surface area contributed by atoms with Gasteiger partial charge < -0.3 is 15.5 Å². The third-order valence-electron chi connectivity index (χ3n) is 8.88. The number of hydrogen-bond acceptors (Lipinski definition) is 6. The van der Waals surface area contributed by atoms with Crippen LogP contribution in [-0.2, 0) is 16.9 Å². The second-order valence-electron chi connectivity index (χ2n) is 12.2. The molecule has 0 bridgehead atoms. The average molecular weight is 558 g/mol. The number of amides is 1. The van der Waals surface area contributed by atoms with E-state index in [1.165, 1.54) is 0 Å². The molecule has 0 aliphatic carbocycles. The Bertz CT molecular complexity index is 1600. The lowest BCUT2D eigenvalue weighted by Crippen LogP contribution is -2.55. The molecule has 0 radical (unpaired) electrons. The predicted octanol–water partition coefficient (Wildman–Crippen LogP) is 4.30. The van der Waals surface area contributed by atoms with Gasteiger partial charge in [0.1, 0.15) is 12.0 Å². The van der Waals surface area contributed by atoms with Crippen LogP contribution < -0.4 is 5.32 Å². The summed E-state index contributed by atoms with van der Waals surface area (Å²) in [6, 6.07) is 15.3. The van der Waals surface area contributed by atoms with Crippen LogP contribution in [0.2, 0.25) is 0 Å². The van der Waals surface area contributed by atoms with Gasteiger partial charge in [0.15, 0.2) is 0 Å². The van der Waals surface area contributed by atoms with Crippen molar-refractivity contribution in [1.29, 1.82) is 0 Å². The Hall–Kier alpha value is -3.66. The van der Waals surface area contributed by atoms with Crippen molar-refractivity contribution in [2.45, 2.75) is 64.3 Å². The average Bonchev–Trinajstić information content (AvgIpc) is 3.37. The highest BCUT2D eigenvalue weighted by Gasteiger charge is 2.50. The molecular weight excluding hydrogens is 521 g/mol. The number of aromatic nitrogens is 3. The highest BCUT2D eigenvalue weighted by molar-refractivity contribution is 5.87. The predicted molar refractivity (Wildman–Crippen MR) is 154 cm³/mol. The van der Waals surface area contributed by atoms with Gasteiger partial charge in [-0.1, -0.05) is 32.0 Å². The van der Waals surface area contributed by atoms with E-state index in [-0.39, 0.29) is 16.9 Å². The number of fused-ring (bicyclic) bond motifs is 1. The van der Waals surface area contributed by atoms with Gasteiger partial charge >= 0.3 is 0 Å². The summed E-state index contributed by atoms with van der Waals surface area (Å²) in [5, 5.41) is 29.1. The number of pyridine rings is 1. The van der Waals surface area contributed by atoms with E-state index < -0.39 is 29.0 Å². The van der Waals surface area contributed by atoms with Crippen LogP contribution in [0.25, 0.3) is 16.6 Å². The van der Waals surface area contributed by atoms with Crippen molar-refractivity contribution in [2.75, 3.05) is 13.1 Å². The third kappa shape index (κ3) is 5.03. The van der Waals surface area contributed by atoms with Gasteiger partial charge in [-0.25, -0.2) is 9.07 Å². The van der Waals surface area contributed by atoms with E-state index in [1.54, 1.807) is 24.4 Å². The molecular formula is C32H36FN5O3. The Morgan fingerprint density at radius 3 is 2.59 bits per heavy atom. The molecule has 2 fully saturated rings. The fraction of sp³-hybridized carbons (Fsp3) is 0.406. The van der Waals surface area contributed by atoms with Crippen LogP contribution >= 0.6 is 0 Å². The molecule has 3 atom stereocenters. The Kier molecular flexibility index (Phi) is 6.92. The number of aliphatic hydroxyl groups excluding tert-OH is 1. The molecule has 9 heteroatoms. The molecule has 2 aromatic heterocycles. The maximum atomic E-state index is 16.2. The highest BCUT2D eigenvalue weighted by Crippen LogP contribution is 2.48. The molecule has 2 aliphatic heterocycles. The summed E-state index contributed by atoms with van der Waals surface area (Å²) in [6.45, 7) is 7.86. The SMILES string of the molecule is Cc1ccn(-c2ccc(CN3CC[C@](O)(c4ccc5ncc(C6CCC(O)NC6=O)cc5c4F)C(C)(C)C3)cc2)n1. The topological polar surface area (TPSA) is 104 Å². The molecule has 41 heavy (non-hydrogen) atoms. The first kappa shape index (κ1) is 27.5. The molecule has 3 N–H and O–H groups in total. The maximum absolute atomic E-state index is 16.2. The minimum Gasteiger partial charge on any atom is -0.384 e. The Morgan fingerprint density at radius 1 is 1.12 bits per heavy atom. The molecule has 1 amide bonds. The fourth-order valence-corrected chi connectivity index (χ4v) is 6.43. The first-order valence-electron chi connectivity index (χ1n) is 14.2. The molecule has 2 aromatic carbocycles. The van der Waals surface area contributed by atoms with E-state index in [0.717, 1.165) is 23.5 Å². The number of halogens is 1. The lowest BCUT2D eigenvalue weighted by atomic mass is 9.66. The molecule has 0 saturated carbocycles. The molecule has 6 rings (SSSR count). The second kappa shape index (κ2) is 10.3. The van der Waals surface area contributed by atoms with Crippen molar-refractivity contribution < 1.29 is 19.4 Å². The third-order valence-corrected chi connectivity index (χ3v) is 8.88. The van der Waals surface area contributed by atoms with E-state index >= 15 is 4.39 Å². The van der Waals surface area contributed by atoms with E-state index in [9.17, 15) is 15.0 Å². The number of rotatable bonds is 5. The summed E-state index contributed by atoms with van der Waals surface area (Å²) in [7, 11) is 0. The van der Waals surface area contributed by atoms with Crippen LogP contribution in [0.4, 0.5) is 4.39 Å². The number of carbonyl (C=O) groups excluding carboxylic acids is 1. The molecule has 2 unspecified atom stereocenters. The number of nitrogens with zero attached hydrogens (tertiary/aromatic N) is 4. The van der Waals surface area contributed by atoms with E-state index in [2.05, 4.69) is 44.6 Å². The number of benzene rings is 2. The Balaban J connectivity index is 1.22. The normalized spacial score (nSPS) is 24.9. The molecule has 214 valence electrons. The van der Waals surface area contributed by atoms with Crippen LogP contribution in [-0.4, -0.2) is 55.1 Å². The first-order valence-corrected chi connectivity index (χ1v) is 14.2. The summed E-state index contributed by atoms with van der Waals surface area (Å²) in [5.41, 5.74) is 2.44. The lowest BCUT2D eigenvalue weighted by molar-refractivity contribution is -0.128. The maximum Gasteiger partial charge on any atom is 0.229 e. The van der Waals surface area contributed by atoms with Gasteiger partial charge in [-0.05, 0) is 67.6 Å². The van der Waals surface area contributed by atoms with Crippen molar-refractivity contribution in [2.24, 2.45) is 5.41 Å². The van der Waals surface area contributed by atoms with Gasteiger partial charge in [-0.15, -0.1) is 0 Å². The fourth-order valence-electron chi connectivity index (χ4n) is 6.43. The van der Waals surface area contributed by atoms with Gasteiger partial charge in [0.25, 0.3) is 0 Å². The van der Waals surface area contributed by atoms with Crippen molar-refractivity contribution in [3.8, 4) is 5.69 Å². The monoisotopic (exact) mass is 557 g/mol. The zero-order chi connectivity index (χ0) is 28.9. The highest BCUT2D eigenvalue weighted by atomic mass is 19.1. The molecule has 8 nitrogen and oxygen atoms in total. The van der Waals surface area contributed by atoms with Gasteiger partial charge in [0, 0.05) is 48.4 Å².